The molecule has 0 bridgehead atoms. The largest absolute Gasteiger partial charge is 0.480 e. The molecule has 0 aliphatic carbocycles. The Morgan fingerprint density at radius 2 is 1.23 bits per heavy atom. The molecule has 27 heteroatoms. The highest BCUT2D eigenvalue weighted by molar-refractivity contribution is 7.80. The van der Waals surface area contributed by atoms with E-state index in [0.717, 1.165) is 22.8 Å². The number of aliphatic carboxylic acids is 5. The van der Waals surface area contributed by atoms with Gasteiger partial charge in [0.1, 0.15) is 6.04 Å². The number of nitrogens with zero attached hydrogens (tertiary/aromatic N) is 3. The predicted molar refractivity (Wildman–Crippen MR) is 233 cm³/mol. The number of aryl methyl sites for hydroxylation is 1. The third-order valence-electron chi connectivity index (χ3n) is 9.22. The van der Waals surface area contributed by atoms with Crippen molar-refractivity contribution in [2.24, 2.45) is 0 Å². The van der Waals surface area contributed by atoms with Crippen LogP contribution in [-0.4, -0.2) is 179 Å². The van der Waals surface area contributed by atoms with Gasteiger partial charge in [0, 0.05) is 55.4 Å². The molecule has 2 amide bonds. The number of thiocarbonyl (C=S) groups is 1. The van der Waals surface area contributed by atoms with Gasteiger partial charge in [0.2, 0.25) is 17.4 Å². The lowest BCUT2D eigenvalue weighted by Crippen LogP contribution is -2.49. The number of phosphoric acid groups is 1. The highest BCUT2D eigenvalue weighted by Crippen LogP contribution is 2.38. The van der Waals surface area contributed by atoms with Gasteiger partial charge in [0.25, 0.3) is 0 Å². The molecule has 65 heavy (non-hydrogen) atoms. The standard InChI is InChI=1S/C38H49N8O17PS/c1-21-13-29(47)41-27-15-25(7-8-26(21)27)39-30(48)16-45(19-33(52)53)11-9-44(18-32(50)51)10-12-46(20-34(54)55)17-31(49)42-28(36(56)57)14-23-3-5-24(6-4-23)40-38(65)43-35(37(58)59)22(2)63-64(60,61)62/h3-8,13,15,22,28,35H,9-12,14,16-20H2,1-2H3,(H,39,48)(H,41,47)(H,42,49)(H,50,51)(H,52,53)(H,54,55)(H,56,57)(H,58,59)(H2,40,43,65)(H2,60,61,62). The van der Waals surface area contributed by atoms with Gasteiger partial charge in [-0.25, -0.2) is 14.2 Å². The Kier molecular flexibility index (Phi) is 20.1. The molecular weight excluding hydrogens is 903 g/mol. The number of benzene rings is 2. The average molecular weight is 953 g/mol. The molecule has 3 unspecified atom stereocenters. The fraction of sp³-hybridized carbons (Fsp3) is 0.395. The number of pyridine rings is 1. The molecule has 0 aliphatic rings. The van der Waals surface area contributed by atoms with Crippen molar-refractivity contribution < 1.29 is 78.0 Å². The monoisotopic (exact) mass is 952 g/mol. The third-order valence-corrected chi connectivity index (χ3v) is 10.0. The Labute approximate surface area is 374 Å². The number of anilines is 2. The summed E-state index contributed by atoms with van der Waals surface area (Å²) in [5, 5.41) is 58.5. The van der Waals surface area contributed by atoms with Crippen LogP contribution in [0.4, 0.5) is 11.4 Å². The topological polar surface area (TPSA) is 378 Å². The first-order valence-corrected chi connectivity index (χ1v) is 21.2. The minimum atomic E-state index is -5.02. The van der Waals surface area contributed by atoms with Crippen molar-refractivity contribution in [3.05, 3.63) is 70.0 Å². The third kappa shape index (κ3) is 19.5. The minimum absolute atomic E-state index is 0.107. The van der Waals surface area contributed by atoms with Crippen LogP contribution in [0.2, 0.25) is 0 Å². The highest BCUT2D eigenvalue weighted by atomic mass is 32.1. The van der Waals surface area contributed by atoms with E-state index < -0.39 is 100 Å². The number of carboxylic acid groups (broad SMARTS) is 5. The summed E-state index contributed by atoms with van der Waals surface area (Å²) < 4.78 is 15.6. The normalized spacial score (nSPS) is 12.9. The fourth-order valence-electron chi connectivity index (χ4n) is 6.32. The maximum Gasteiger partial charge on any atom is 0.469 e. The quantitative estimate of drug-likeness (QED) is 0.0321. The predicted octanol–water partition coefficient (Wildman–Crippen LogP) is -1.02. The van der Waals surface area contributed by atoms with Crippen molar-refractivity contribution in [2.75, 3.05) is 69.5 Å². The lowest BCUT2D eigenvalue weighted by molar-refractivity contribution is -0.143. The Hall–Kier alpha value is -6.38. The lowest BCUT2D eigenvalue weighted by atomic mass is 10.1. The van der Waals surface area contributed by atoms with Crippen LogP contribution in [0.3, 0.4) is 0 Å². The zero-order valence-corrected chi connectivity index (χ0v) is 36.5. The highest BCUT2D eigenvalue weighted by Gasteiger charge is 2.32. The van der Waals surface area contributed by atoms with E-state index in [9.17, 15) is 68.5 Å². The van der Waals surface area contributed by atoms with Crippen molar-refractivity contribution in [3.8, 4) is 0 Å². The van der Waals surface area contributed by atoms with Gasteiger partial charge in [-0.15, -0.1) is 0 Å². The zero-order valence-electron chi connectivity index (χ0n) is 34.8. The number of hydrogen-bond donors (Lipinski definition) is 12. The van der Waals surface area contributed by atoms with Gasteiger partial charge in [0.15, 0.2) is 11.2 Å². The molecule has 0 saturated heterocycles. The Bertz CT molecular complexity index is 2340. The number of fused-ring (bicyclic) bond motifs is 1. The van der Waals surface area contributed by atoms with E-state index in [1.165, 1.54) is 40.1 Å². The van der Waals surface area contributed by atoms with E-state index in [1.807, 2.05) is 0 Å². The van der Waals surface area contributed by atoms with Crippen LogP contribution in [0.15, 0.2) is 53.3 Å². The summed E-state index contributed by atoms with van der Waals surface area (Å²) in [6.45, 7) is -0.643. The van der Waals surface area contributed by atoms with Gasteiger partial charge in [-0.1, -0.05) is 18.2 Å². The molecule has 2 aromatic carbocycles. The molecule has 25 nitrogen and oxygen atoms in total. The van der Waals surface area contributed by atoms with Crippen molar-refractivity contribution in [3.63, 3.8) is 0 Å². The molecule has 0 aliphatic heterocycles. The number of aromatic nitrogens is 1. The number of rotatable bonds is 27. The summed E-state index contributed by atoms with van der Waals surface area (Å²) in [6.07, 6.45) is -1.76. The summed E-state index contributed by atoms with van der Waals surface area (Å²) in [7, 11) is -5.02. The molecule has 1 heterocycles. The lowest BCUT2D eigenvalue weighted by Gasteiger charge is -2.28. The van der Waals surface area contributed by atoms with Gasteiger partial charge < -0.3 is 61.6 Å². The van der Waals surface area contributed by atoms with Gasteiger partial charge in [-0.3, -0.25) is 48.0 Å². The second-order valence-electron chi connectivity index (χ2n) is 14.6. The summed E-state index contributed by atoms with van der Waals surface area (Å²) in [6, 6.07) is 8.94. The van der Waals surface area contributed by atoms with Crippen LogP contribution in [0.5, 0.6) is 0 Å². The number of carbonyl (C=O) groups excluding carboxylic acids is 2. The number of amides is 2. The maximum absolute atomic E-state index is 13.1. The number of carboxylic acids is 5. The molecule has 3 aromatic rings. The summed E-state index contributed by atoms with van der Waals surface area (Å²) in [4.78, 5) is 121. The maximum atomic E-state index is 13.1. The van der Waals surface area contributed by atoms with Gasteiger partial charge in [-0.2, -0.15) is 0 Å². The number of hydrogen-bond acceptors (Lipinski definition) is 14. The van der Waals surface area contributed by atoms with Gasteiger partial charge in [-0.05, 0) is 61.5 Å². The number of H-pyrrole nitrogens is 1. The van der Waals surface area contributed by atoms with E-state index in [1.54, 1.807) is 25.1 Å². The second-order valence-corrected chi connectivity index (χ2v) is 16.2. The molecule has 0 saturated carbocycles. The Balaban J connectivity index is 1.60. The number of phosphoric ester groups is 1. The van der Waals surface area contributed by atoms with E-state index in [0.29, 0.717) is 22.5 Å². The number of nitrogens with one attached hydrogen (secondary N) is 5. The van der Waals surface area contributed by atoms with Gasteiger partial charge in [0.05, 0.1) is 44.3 Å². The van der Waals surface area contributed by atoms with Crippen LogP contribution in [0.1, 0.15) is 18.1 Å². The number of aromatic amines is 1. The van der Waals surface area contributed by atoms with E-state index in [2.05, 4.69) is 30.8 Å². The van der Waals surface area contributed by atoms with Gasteiger partial charge >= 0.3 is 37.7 Å². The molecule has 354 valence electrons. The fourth-order valence-corrected chi connectivity index (χ4v) is 7.12. The molecule has 0 fully saturated rings. The Morgan fingerprint density at radius 1 is 0.708 bits per heavy atom. The SMILES string of the molecule is Cc1cc(=O)[nH]c2cc(NC(=O)CN(CCN(CCN(CC(=O)O)CC(=O)NC(Cc3ccc(NC(=S)NC(C(=O)O)C(C)OP(=O)(O)O)cc3)C(=O)O)CC(=O)O)CC(=O)O)ccc12. The van der Waals surface area contributed by atoms with Crippen molar-refractivity contribution >= 4 is 89.1 Å². The molecule has 0 spiro atoms. The summed E-state index contributed by atoms with van der Waals surface area (Å²) in [5.41, 5.74) is 1.87. The smallest absolute Gasteiger partial charge is 0.469 e. The zero-order chi connectivity index (χ0) is 48.6. The molecule has 0 radical (unpaired) electrons. The summed E-state index contributed by atoms with van der Waals surface area (Å²) in [5.74, 6) is -8.35. The first-order valence-electron chi connectivity index (χ1n) is 19.3. The molecular formula is C38H49N8O17PS. The van der Waals surface area contributed by atoms with E-state index in [-0.39, 0.29) is 43.3 Å². The van der Waals surface area contributed by atoms with Crippen molar-refractivity contribution in [1.82, 2.24) is 30.3 Å². The van der Waals surface area contributed by atoms with Crippen molar-refractivity contribution in [1.29, 1.82) is 0 Å². The molecule has 3 rings (SSSR count). The first-order chi connectivity index (χ1) is 30.4. The number of carbonyl (C=O) groups is 7. The Morgan fingerprint density at radius 3 is 1.75 bits per heavy atom. The van der Waals surface area contributed by atoms with E-state index in [4.69, 9.17) is 22.0 Å². The summed E-state index contributed by atoms with van der Waals surface area (Å²) >= 11 is 5.10. The second kappa shape index (κ2) is 24.6. The van der Waals surface area contributed by atoms with Crippen LogP contribution in [0.25, 0.3) is 10.9 Å². The van der Waals surface area contributed by atoms with Crippen LogP contribution >= 0.6 is 20.0 Å². The molecule has 1 aromatic heterocycles. The molecule has 12 N–H and O–H groups in total. The van der Waals surface area contributed by atoms with Crippen LogP contribution in [-0.2, 0) is 49.1 Å². The minimum Gasteiger partial charge on any atom is -0.480 e. The average Bonchev–Trinajstić information content (AvgIpc) is 3.16. The van der Waals surface area contributed by atoms with E-state index >= 15 is 0 Å². The van der Waals surface area contributed by atoms with Crippen molar-refractivity contribution in [2.45, 2.75) is 38.5 Å². The first kappa shape index (κ1) is 53.0. The molecule has 3 atom stereocenters. The van der Waals surface area contributed by atoms with Crippen LogP contribution < -0.4 is 26.8 Å². The van der Waals surface area contributed by atoms with Crippen LogP contribution in [0, 0.1) is 6.92 Å².